The van der Waals surface area contributed by atoms with Crippen LogP contribution < -0.4 is 10.5 Å². The molecule has 2 aromatic rings. The van der Waals surface area contributed by atoms with Crippen LogP contribution in [0, 0.1) is 0 Å². The average Bonchev–Trinajstić information content (AvgIpc) is 2.77. The minimum Gasteiger partial charge on any atom is -0.493 e. The molecule has 0 aliphatic carbocycles. The molecule has 2 unspecified atom stereocenters. The second kappa shape index (κ2) is 5.44. The van der Waals surface area contributed by atoms with Gasteiger partial charge in [0.25, 0.3) is 0 Å². The molecule has 1 aliphatic rings. The third-order valence-corrected chi connectivity index (χ3v) is 6.01. The molecule has 1 aromatic carbocycles. The van der Waals surface area contributed by atoms with Crippen LogP contribution >= 0.6 is 38.9 Å². The molecule has 0 bridgehead atoms. The van der Waals surface area contributed by atoms with E-state index >= 15 is 0 Å². The van der Waals surface area contributed by atoms with Crippen LogP contribution in [-0.2, 0) is 0 Å². The first-order valence-electron chi connectivity index (χ1n) is 6.09. The molecule has 19 heavy (non-hydrogen) atoms. The molecule has 5 heteroatoms. The molecule has 0 saturated heterocycles. The van der Waals surface area contributed by atoms with E-state index in [2.05, 4.69) is 22.0 Å². The highest BCUT2D eigenvalue weighted by molar-refractivity contribution is 9.10. The van der Waals surface area contributed by atoms with E-state index in [1.165, 1.54) is 5.56 Å². The predicted molar refractivity (Wildman–Crippen MR) is 83.3 cm³/mol. The van der Waals surface area contributed by atoms with Crippen molar-refractivity contribution in [2.75, 3.05) is 6.61 Å². The molecule has 100 valence electrons. The Labute approximate surface area is 129 Å². The predicted octanol–water partition coefficient (Wildman–Crippen LogP) is 4.73. The van der Waals surface area contributed by atoms with E-state index in [1.807, 2.05) is 24.3 Å². The maximum atomic E-state index is 6.44. The van der Waals surface area contributed by atoms with Crippen LogP contribution in [0.25, 0.3) is 0 Å². The van der Waals surface area contributed by atoms with Gasteiger partial charge >= 0.3 is 0 Å². The minimum atomic E-state index is -0.0427. The van der Waals surface area contributed by atoms with Crippen molar-refractivity contribution in [2.45, 2.75) is 18.4 Å². The summed E-state index contributed by atoms with van der Waals surface area (Å²) in [4.78, 5) is 1.11. The molecule has 2 nitrogen and oxygen atoms in total. The summed E-state index contributed by atoms with van der Waals surface area (Å²) < 4.78 is 7.36. The van der Waals surface area contributed by atoms with Crippen LogP contribution in [0.15, 0.2) is 34.8 Å². The van der Waals surface area contributed by atoms with Gasteiger partial charge in [-0.2, -0.15) is 0 Å². The van der Waals surface area contributed by atoms with Gasteiger partial charge in [0, 0.05) is 21.3 Å². The highest BCUT2D eigenvalue weighted by atomic mass is 79.9. The van der Waals surface area contributed by atoms with Crippen molar-refractivity contribution in [1.82, 2.24) is 0 Å². The molecule has 0 spiro atoms. The molecule has 2 N–H and O–H groups in total. The molecule has 0 fully saturated rings. The minimum absolute atomic E-state index is 0.0427. The Kier molecular flexibility index (Phi) is 3.85. The number of hydrogen-bond donors (Lipinski definition) is 1. The molecular formula is C14H13BrClNOS. The van der Waals surface area contributed by atoms with Gasteiger partial charge in [-0.25, -0.2) is 0 Å². The normalized spacial score (nSPS) is 19.6. The maximum Gasteiger partial charge on any atom is 0.122 e. The number of halogens is 2. The summed E-state index contributed by atoms with van der Waals surface area (Å²) in [6, 6.07) is 10.1. The fraction of sp³-hybridized carbons (Fsp3) is 0.286. The van der Waals surface area contributed by atoms with Gasteiger partial charge in [-0.05, 0) is 40.0 Å². The second-order valence-corrected chi connectivity index (χ2v) is 7.12. The fourth-order valence-electron chi connectivity index (χ4n) is 2.47. The topological polar surface area (TPSA) is 35.2 Å². The van der Waals surface area contributed by atoms with Crippen LogP contribution in [-0.4, -0.2) is 6.61 Å². The van der Waals surface area contributed by atoms with E-state index in [0.29, 0.717) is 0 Å². The Morgan fingerprint density at radius 2 is 2.21 bits per heavy atom. The highest BCUT2D eigenvalue weighted by Crippen LogP contribution is 2.44. The average molecular weight is 359 g/mol. The van der Waals surface area contributed by atoms with Crippen LogP contribution in [0.5, 0.6) is 5.75 Å². The zero-order valence-electron chi connectivity index (χ0n) is 10.1. The number of fused-ring (bicyclic) bond motifs is 1. The summed E-state index contributed by atoms with van der Waals surface area (Å²) in [5.74, 6) is 1.24. The standard InChI is InChI=1S/C14H13BrClNOS/c15-10-7-12(19-14(10)16)13(17)9-5-6-18-11-4-2-1-3-8(9)11/h1-4,7,9,13H,5-6,17H2. The van der Waals surface area contributed by atoms with Crippen LogP contribution in [0.1, 0.15) is 28.8 Å². The van der Waals surface area contributed by atoms with E-state index < -0.39 is 0 Å². The largest absolute Gasteiger partial charge is 0.493 e. The SMILES string of the molecule is NC(c1cc(Br)c(Cl)s1)C1CCOc2ccccc21. The van der Waals surface area contributed by atoms with Crippen molar-refractivity contribution >= 4 is 38.9 Å². The number of benzene rings is 1. The van der Waals surface area contributed by atoms with Crippen molar-refractivity contribution in [3.05, 3.63) is 49.6 Å². The summed E-state index contributed by atoms with van der Waals surface area (Å²) in [5.41, 5.74) is 7.64. The lowest BCUT2D eigenvalue weighted by molar-refractivity contribution is 0.256. The summed E-state index contributed by atoms with van der Waals surface area (Å²) >= 11 is 11.1. The van der Waals surface area contributed by atoms with E-state index in [-0.39, 0.29) is 12.0 Å². The van der Waals surface area contributed by atoms with Gasteiger partial charge in [0.05, 0.1) is 6.61 Å². The van der Waals surface area contributed by atoms with E-state index in [0.717, 1.165) is 32.5 Å². The Bertz CT molecular complexity index is 581. The monoisotopic (exact) mass is 357 g/mol. The zero-order valence-corrected chi connectivity index (χ0v) is 13.3. The Morgan fingerprint density at radius 3 is 2.95 bits per heavy atom. The van der Waals surface area contributed by atoms with Gasteiger partial charge in [0.2, 0.25) is 0 Å². The number of thiophene rings is 1. The van der Waals surface area contributed by atoms with Gasteiger partial charge in [-0.1, -0.05) is 29.8 Å². The Hall–Kier alpha value is -0.550. The van der Waals surface area contributed by atoms with Crippen LogP contribution in [0.2, 0.25) is 4.34 Å². The second-order valence-electron chi connectivity index (χ2n) is 4.58. The van der Waals surface area contributed by atoms with Gasteiger partial charge in [-0.15, -0.1) is 11.3 Å². The van der Waals surface area contributed by atoms with Gasteiger partial charge in [0.15, 0.2) is 0 Å². The first kappa shape index (κ1) is 13.4. The van der Waals surface area contributed by atoms with Crippen molar-refractivity contribution < 1.29 is 4.74 Å². The number of ether oxygens (including phenoxy) is 1. The lowest BCUT2D eigenvalue weighted by Crippen LogP contribution is -2.24. The molecule has 0 amide bonds. The molecule has 0 saturated carbocycles. The third-order valence-electron chi connectivity index (χ3n) is 3.43. The maximum absolute atomic E-state index is 6.44. The zero-order chi connectivity index (χ0) is 13.4. The first-order valence-corrected chi connectivity index (χ1v) is 8.07. The number of hydrogen-bond acceptors (Lipinski definition) is 3. The van der Waals surface area contributed by atoms with Gasteiger partial charge < -0.3 is 10.5 Å². The Balaban J connectivity index is 1.95. The molecule has 1 aromatic heterocycles. The number of para-hydroxylation sites is 1. The van der Waals surface area contributed by atoms with Crippen molar-refractivity contribution in [3.63, 3.8) is 0 Å². The smallest absolute Gasteiger partial charge is 0.122 e. The van der Waals surface area contributed by atoms with E-state index in [4.69, 9.17) is 22.1 Å². The molecule has 2 heterocycles. The van der Waals surface area contributed by atoms with Gasteiger partial charge in [0.1, 0.15) is 10.1 Å². The summed E-state index contributed by atoms with van der Waals surface area (Å²) in [6.45, 7) is 0.718. The molecule has 0 radical (unpaired) electrons. The fourth-order valence-corrected chi connectivity index (χ4v) is 4.27. The van der Waals surface area contributed by atoms with Crippen molar-refractivity contribution in [1.29, 1.82) is 0 Å². The van der Waals surface area contributed by atoms with Crippen LogP contribution in [0.3, 0.4) is 0 Å². The van der Waals surface area contributed by atoms with E-state index in [9.17, 15) is 0 Å². The third kappa shape index (κ3) is 2.55. The molecule has 2 atom stereocenters. The first-order chi connectivity index (χ1) is 9.16. The quantitative estimate of drug-likeness (QED) is 0.842. The summed E-state index contributed by atoms with van der Waals surface area (Å²) in [7, 11) is 0. The van der Waals surface area contributed by atoms with E-state index in [1.54, 1.807) is 11.3 Å². The summed E-state index contributed by atoms with van der Waals surface area (Å²) in [5, 5.41) is 0. The number of rotatable bonds is 2. The van der Waals surface area contributed by atoms with Crippen molar-refractivity contribution in [2.24, 2.45) is 5.73 Å². The highest BCUT2D eigenvalue weighted by Gasteiger charge is 2.28. The van der Waals surface area contributed by atoms with Crippen LogP contribution in [0.4, 0.5) is 0 Å². The lowest BCUT2D eigenvalue weighted by atomic mass is 9.86. The number of nitrogens with two attached hydrogens (primary N) is 1. The molecule has 3 rings (SSSR count). The van der Waals surface area contributed by atoms with Gasteiger partial charge in [-0.3, -0.25) is 0 Å². The molecule has 1 aliphatic heterocycles. The Morgan fingerprint density at radius 1 is 1.42 bits per heavy atom. The van der Waals surface area contributed by atoms with Crippen molar-refractivity contribution in [3.8, 4) is 5.75 Å². The lowest BCUT2D eigenvalue weighted by Gasteiger charge is -2.29. The molecular weight excluding hydrogens is 346 g/mol. The summed E-state index contributed by atoms with van der Waals surface area (Å²) in [6.07, 6.45) is 0.936.